The summed E-state index contributed by atoms with van der Waals surface area (Å²) in [6.45, 7) is 3.15. The number of amides is 2. The molecule has 1 heterocycles. The Hall–Kier alpha value is -3.01. The summed E-state index contributed by atoms with van der Waals surface area (Å²) in [5.41, 5.74) is 1.61. The summed E-state index contributed by atoms with van der Waals surface area (Å²) < 4.78 is 15.7. The van der Waals surface area contributed by atoms with Gasteiger partial charge >= 0.3 is 0 Å². The first-order valence-electron chi connectivity index (χ1n) is 9.88. The molecule has 0 aliphatic carbocycles. The Morgan fingerprint density at radius 2 is 1.81 bits per heavy atom. The summed E-state index contributed by atoms with van der Waals surface area (Å²) in [7, 11) is 1.60. The molecule has 1 aliphatic rings. The van der Waals surface area contributed by atoms with Crippen LogP contribution in [-0.4, -0.2) is 68.5 Å². The highest BCUT2D eigenvalue weighted by atomic mass is 32.1. The Labute approximate surface area is 186 Å². The third-order valence-electron chi connectivity index (χ3n) is 4.57. The Morgan fingerprint density at radius 1 is 1.06 bits per heavy atom. The Morgan fingerprint density at radius 3 is 2.52 bits per heavy atom. The average molecular weight is 444 g/mol. The van der Waals surface area contributed by atoms with Gasteiger partial charge in [0, 0.05) is 37.0 Å². The lowest BCUT2D eigenvalue weighted by atomic mass is 10.1. The highest BCUT2D eigenvalue weighted by Crippen LogP contribution is 2.15. The minimum Gasteiger partial charge on any atom is -0.491 e. The number of hydrogen-bond acceptors (Lipinski definition) is 6. The molecule has 3 rings (SSSR count). The minimum atomic E-state index is -0.346. The number of thiocarbonyl (C=S) groups is 1. The van der Waals surface area contributed by atoms with E-state index in [4.69, 9.17) is 26.4 Å². The summed E-state index contributed by atoms with van der Waals surface area (Å²) in [6, 6.07) is 13.7. The zero-order valence-corrected chi connectivity index (χ0v) is 18.1. The predicted molar refractivity (Wildman–Crippen MR) is 121 cm³/mol. The number of benzene rings is 2. The molecule has 0 atom stereocenters. The maximum atomic E-state index is 12.6. The zero-order valence-electron chi connectivity index (χ0n) is 17.3. The molecule has 9 heteroatoms. The number of morpholine rings is 1. The van der Waals surface area contributed by atoms with Gasteiger partial charge in [-0.25, -0.2) is 0 Å². The van der Waals surface area contributed by atoms with Gasteiger partial charge < -0.3 is 24.4 Å². The van der Waals surface area contributed by atoms with Crippen molar-refractivity contribution in [2.75, 3.05) is 51.9 Å². The molecule has 2 aromatic carbocycles. The van der Waals surface area contributed by atoms with Crippen LogP contribution < -0.4 is 15.4 Å². The van der Waals surface area contributed by atoms with Gasteiger partial charge in [0.1, 0.15) is 12.4 Å². The summed E-state index contributed by atoms with van der Waals surface area (Å²) >= 11 is 5.25. The lowest BCUT2D eigenvalue weighted by Crippen LogP contribution is -2.40. The molecule has 0 spiro atoms. The average Bonchev–Trinajstić information content (AvgIpc) is 2.80. The molecule has 2 N–H and O–H groups in total. The van der Waals surface area contributed by atoms with Crippen LogP contribution in [0.25, 0.3) is 0 Å². The van der Waals surface area contributed by atoms with Crippen molar-refractivity contribution in [3.05, 3.63) is 59.7 Å². The fourth-order valence-corrected chi connectivity index (χ4v) is 3.17. The largest absolute Gasteiger partial charge is 0.491 e. The van der Waals surface area contributed by atoms with Crippen LogP contribution in [0.2, 0.25) is 0 Å². The molecule has 8 nitrogen and oxygen atoms in total. The first kappa shape index (κ1) is 22.7. The van der Waals surface area contributed by atoms with Crippen molar-refractivity contribution in [1.29, 1.82) is 0 Å². The van der Waals surface area contributed by atoms with E-state index in [9.17, 15) is 9.59 Å². The predicted octanol–water partition coefficient (Wildman–Crippen LogP) is 2.31. The number of methoxy groups -OCH3 is 1. The van der Waals surface area contributed by atoms with Crippen molar-refractivity contribution in [1.82, 2.24) is 10.2 Å². The number of hydrogen-bond donors (Lipinski definition) is 2. The van der Waals surface area contributed by atoms with Gasteiger partial charge in [0.2, 0.25) is 0 Å². The zero-order chi connectivity index (χ0) is 22.1. The van der Waals surface area contributed by atoms with E-state index in [-0.39, 0.29) is 16.9 Å². The Bertz CT molecular complexity index is 914. The van der Waals surface area contributed by atoms with E-state index in [1.54, 1.807) is 60.5 Å². The number of anilines is 1. The van der Waals surface area contributed by atoms with Gasteiger partial charge in [-0.05, 0) is 54.7 Å². The van der Waals surface area contributed by atoms with Crippen molar-refractivity contribution in [2.45, 2.75) is 0 Å². The van der Waals surface area contributed by atoms with Gasteiger partial charge in [-0.3, -0.25) is 14.9 Å². The maximum absolute atomic E-state index is 12.6. The third-order valence-corrected chi connectivity index (χ3v) is 4.77. The first-order chi connectivity index (χ1) is 15.1. The summed E-state index contributed by atoms with van der Waals surface area (Å²) in [5, 5.41) is 5.73. The highest BCUT2D eigenvalue weighted by molar-refractivity contribution is 7.80. The molecular formula is C22H25N3O5S. The lowest BCUT2D eigenvalue weighted by molar-refractivity contribution is 0.0303. The van der Waals surface area contributed by atoms with Crippen molar-refractivity contribution >= 4 is 34.8 Å². The van der Waals surface area contributed by atoms with Crippen LogP contribution in [0.3, 0.4) is 0 Å². The van der Waals surface area contributed by atoms with E-state index in [1.165, 1.54) is 0 Å². The van der Waals surface area contributed by atoms with Crippen molar-refractivity contribution < 1.29 is 23.8 Å². The number of carbonyl (C=O) groups is 2. The molecule has 2 amide bonds. The Balaban J connectivity index is 1.54. The second kappa shape index (κ2) is 11.4. The van der Waals surface area contributed by atoms with E-state index in [0.29, 0.717) is 62.1 Å². The van der Waals surface area contributed by atoms with Gasteiger partial charge in [-0.1, -0.05) is 6.07 Å². The first-order valence-corrected chi connectivity index (χ1v) is 10.3. The number of rotatable bonds is 7. The van der Waals surface area contributed by atoms with Gasteiger partial charge in [-0.2, -0.15) is 0 Å². The molecule has 31 heavy (non-hydrogen) atoms. The molecule has 0 saturated carbocycles. The van der Waals surface area contributed by atoms with Crippen LogP contribution in [0, 0.1) is 0 Å². The summed E-state index contributed by atoms with van der Waals surface area (Å²) in [5.74, 6) is 0.243. The van der Waals surface area contributed by atoms with Gasteiger partial charge in [-0.15, -0.1) is 0 Å². The maximum Gasteiger partial charge on any atom is 0.257 e. The Kier molecular flexibility index (Phi) is 8.34. The van der Waals surface area contributed by atoms with Crippen LogP contribution in [0.15, 0.2) is 48.5 Å². The lowest BCUT2D eigenvalue weighted by Gasteiger charge is -2.27. The van der Waals surface area contributed by atoms with Crippen LogP contribution in [-0.2, 0) is 9.47 Å². The number of ether oxygens (including phenoxy) is 3. The van der Waals surface area contributed by atoms with Gasteiger partial charge in [0.05, 0.1) is 19.8 Å². The van der Waals surface area contributed by atoms with Gasteiger partial charge in [0.15, 0.2) is 5.11 Å². The summed E-state index contributed by atoms with van der Waals surface area (Å²) in [4.78, 5) is 26.8. The number of nitrogens with one attached hydrogen (secondary N) is 2. The summed E-state index contributed by atoms with van der Waals surface area (Å²) in [6.07, 6.45) is 0. The molecular weight excluding hydrogens is 418 g/mol. The van der Waals surface area contributed by atoms with Crippen LogP contribution >= 0.6 is 12.2 Å². The van der Waals surface area contributed by atoms with Crippen LogP contribution in [0.4, 0.5) is 5.69 Å². The second-order valence-corrected chi connectivity index (χ2v) is 7.17. The fraction of sp³-hybridized carbons (Fsp3) is 0.318. The van der Waals surface area contributed by atoms with Crippen LogP contribution in [0.1, 0.15) is 20.7 Å². The quantitative estimate of drug-likeness (QED) is 0.501. The standard InChI is InChI=1S/C22H25N3O5S/c1-28-13-14-30-19-7-5-16(6-8-19)20(26)24-22(31)23-18-4-2-3-17(15-18)21(27)25-9-11-29-12-10-25/h2-8,15H,9-14H2,1H3,(H2,23,24,26,31). The molecule has 1 saturated heterocycles. The second-order valence-electron chi connectivity index (χ2n) is 6.76. The molecule has 0 unspecified atom stereocenters. The van der Waals surface area contributed by atoms with Crippen molar-refractivity contribution in [3.8, 4) is 5.75 Å². The van der Waals surface area contributed by atoms with E-state index in [0.717, 1.165) is 0 Å². The van der Waals surface area contributed by atoms with E-state index in [1.807, 2.05) is 0 Å². The molecule has 0 radical (unpaired) electrons. The molecule has 164 valence electrons. The molecule has 0 aromatic heterocycles. The molecule has 0 bridgehead atoms. The normalized spacial score (nSPS) is 13.4. The monoisotopic (exact) mass is 443 g/mol. The topological polar surface area (TPSA) is 89.1 Å². The van der Waals surface area contributed by atoms with Gasteiger partial charge in [0.25, 0.3) is 11.8 Å². The smallest absolute Gasteiger partial charge is 0.257 e. The molecule has 1 fully saturated rings. The molecule has 2 aromatic rings. The van der Waals surface area contributed by atoms with E-state index in [2.05, 4.69) is 10.6 Å². The minimum absolute atomic E-state index is 0.0605. The van der Waals surface area contributed by atoms with Crippen molar-refractivity contribution in [3.63, 3.8) is 0 Å². The van der Waals surface area contributed by atoms with Crippen molar-refractivity contribution in [2.24, 2.45) is 0 Å². The SMILES string of the molecule is COCCOc1ccc(C(=O)NC(=S)Nc2cccc(C(=O)N3CCOCC3)c2)cc1. The fourth-order valence-electron chi connectivity index (χ4n) is 2.96. The molecule has 1 aliphatic heterocycles. The van der Waals surface area contributed by atoms with E-state index >= 15 is 0 Å². The number of carbonyl (C=O) groups excluding carboxylic acids is 2. The van der Waals surface area contributed by atoms with E-state index < -0.39 is 0 Å². The third kappa shape index (κ3) is 6.74. The number of nitrogens with zero attached hydrogens (tertiary/aromatic N) is 1. The van der Waals surface area contributed by atoms with Crippen LogP contribution in [0.5, 0.6) is 5.75 Å². The highest BCUT2D eigenvalue weighted by Gasteiger charge is 2.18.